The molecule has 4 heteroatoms. The van der Waals surface area contributed by atoms with Gasteiger partial charge in [0, 0.05) is 26.2 Å². The van der Waals surface area contributed by atoms with Gasteiger partial charge in [-0.1, -0.05) is 31.2 Å². The summed E-state index contributed by atoms with van der Waals surface area (Å²) in [7, 11) is 1.71. The third-order valence-corrected chi connectivity index (χ3v) is 3.25. The molecule has 0 saturated carbocycles. The third-order valence-electron chi connectivity index (χ3n) is 3.25. The Morgan fingerprint density at radius 2 is 1.86 bits per heavy atom. The number of hydrogen-bond donors (Lipinski definition) is 2. The molecule has 4 nitrogen and oxygen atoms in total. The average Bonchev–Trinajstić information content (AvgIpc) is 2.48. The summed E-state index contributed by atoms with van der Waals surface area (Å²) < 4.78 is 5.13. The summed E-state index contributed by atoms with van der Waals surface area (Å²) in [4.78, 5) is 4.61. The van der Waals surface area contributed by atoms with Crippen LogP contribution in [0.1, 0.15) is 31.9 Å². The van der Waals surface area contributed by atoms with Crippen molar-refractivity contribution in [2.75, 3.05) is 26.8 Å². The van der Waals surface area contributed by atoms with Crippen LogP contribution >= 0.6 is 0 Å². The first-order valence-electron chi connectivity index (χ1n) is 7.81. The van der Waals surface area contributed by atoms with Crippen LogP contribution in [0.2, 0.25) is 0 Å². The number of nitrogens with zero attached hydrogens (tertiary/aromatic N) is 1. The fourth-order valence-corrected chi connectivity index (χ4v) is 2.08. The smallest absolute Gasteiger partial charge is 0.191 e. The Balaban J connectivity index is 2.48. The highest BCUT2D eigenvalue weighted by Crippen LogP contribution is 2.05. The highest BCUT2D eigenvalue weighted by Gasteiger charge is 2.04. The molecule has 1 unspecified atom stereocenters. The minimum Gasteiger partial charge on any atom is -0.383 e. The normalized spacial score (nSPS) is 13.0. The Morgan fingerprint density at radius 3 is 2.43 bits per heavy atom. The summed E-state index contributed by atoms with van der Waals surface area (Å²) in [6, 6.07) is 9.04. The number of hydrogen-bond acceptors (Lipinski definition) is 2. The van der Waals surface area contributed by atoms with E-state index in [0.717, 1.165) is 31.9 Å². The topological polar surface area (TPSA) is 45.7 Å². The lowest BCUT2D eigenvalue weighted by molar-refractivity contribution is 0.179. The molecule has 0 bridgehead atoms. The molecule has 0 spiro atoms. The number of methoxy groups -OCH3 is 1. The number of benzene rings is 1. The predicted octanol–water partition coefficient (Wildman–Crippen LogP) is 2.38. The molecule has 0 aliphatic rings. The summed E-state index contributed by atoms with van der Waals surface area (Å²) in [5.74, 6) is 0.854. The minimum absolute atomic E-state index is 0.247. The molecule has 1 rings (SSSR count). The molecule has 118 valence electrons. The Bertz CT molecular complexity index is 415. The van der Waals surface area contributed by atoms with Crippen molar-refractivity contribution in [2.45, 2.75) is 39.7 Å². The van der Waals surface area contributed by atoms with E-state index < -0.39 is 0 Å². The van der Waals surface area contributed by atoms with Crippen molar-refractivity contribution < 1.29 is 4.74 Å². The van der Waals surface area contributed by atoms with Gasteiger partial charge in [0.15, 0.2) is 5.96 Å². The molecule has 0 radical (unpaired) electrons. The van der Waals surface area contributed by atoms with E-state index in [-0.39, 0.29) is 6.04 Å². The van der Waals surface area contributed by atoms with Crippen LogP contribution in [0.25, 0.3) is 0 Å². The molecular weight excluding hydrogens is 262 g/mol. The lowest BCUT2D eigenvalue weighted by atomic mass is 10.1. The van der Waals surface area contributed by atoms with Crippen molar-refractivity contribution in [1.82, 2.24) is 10.6 Å². The van der Waals surface area contributed by atoms with Gasteiger partial charge in [0.1, 0.15) is 0 Å². The number of aliphatic imine (C=N–C) groups is 1. The zero-order valence-electron chi connectivity index (χ0n) is 13.8. The third kappa shape index (κ3) is 7.14. The van der Waals surface area contributed by atoms with Crippen LogP contribution in [-0.2, 0) is 17.6 Å². The molecule has 0 amide bonds. The van der Waals surface area contributed by atoms with Gasteiger partial charge >= 0.3 is 0 Å². The number of rotatable bonds is 8. The first-order valence-corrected chi connectivity index (χ1v) is 7.81. The average molecular weight is 291 g/mol. The molecule has 1 aromatic rings. The van der Waals surface area contributed by atoms with Crippen molar-refractivity contribution in [3.63, 3.8) is 0 Å². The Hall–Kier alpha value is -1.55. The van der Waals surface area contributed by atoms with Gasteiger partial charge < -0.3 is 15.4 Å². The van der Waals surface area contributed by atoms with Gasteiger partial charge in [-0.15, -0.1) is 0 Å². The van der Waals surface area contributed by atoms with E-state index in [1.165, 1.54) is 11.1 Å². The van der Waals surface area contributed by atoms with Gasteiger partial charge in [-0.25, -0.2) is 0 Å². The Labute approximate surface area is 129 Å². The second-order valence-electron chi connectivity index (χ2n) is 5.18. The Morgan fingerprint density at radius 1 is 1.19 bits per heavy atom. The monoisotopic (exact) mass is 291 g/mol. The quantitative estimate of drug-likeness (QED) is 0.571. The molecule has 21 heavy (non-hydrogen) atoms. The molecule has 0 aliphatic heterocycles. The molecule has 0 fully saturated rings. The van der Waals surface area contributed by atoms with Gasteiger partial charge in [-0.2, -0.15) is 0 Å². The van der Waals surface area contributed by atoms with Crippen molar-refractivity contribution in [1.29, 1.82) is 0 Å². The van der Waals surface area contributed by atoms with Gasteiger partial charge in [-0.3, -0.25) is 4.99 Å². The van der Waals surface area contributed by atoms with Crippen molar-refractivity contribution >= 4 is 5.96 Å². The van der Waals surface area contributed by atoms with Crippen LogP contribution in [0.15, 0.2) is 29.3 Å². The standard InChI is InChI=1S/C17H29N3O/c1-5-15-7-9-16(10-8-15)11-12-19-17(18-6-2)20-14(3)13-21-4/h7-10,14H,5-6,11-13H2,1-4H3,(H2,18,19,20). The maximum atomic E-state index is 5.13. The minimum atomic E-state index is 0.247. The van der Waals surface area contributed by atoms with Crippen LogP contribution in [0.3, 0.4) is 0 Å². The van der Waals surface area contributed by atoms with E-state index >= 15 is 0 Å². The number of nitrogens with one attached hydrogen (secondary N) is 2. The van der Waals surface area contributed by atoms with Gasteiger partial charge in [0.2, 0.25) is 0 Å². The number of guanidine groups is 1. The maximum Gasteiger partial charge on any atom is 0.191 e. The molecule has 2 N–H and O–H groups in total. The molecule has 1 aromatic carbocycles. The predicted molar refractivity (Wildman–Crippen MR) is 90.0 cm³/mol. The van der Waals surface area contributed by atoms with E-state index in [2.05, 4.69) is 60.7 Å². The molecule has 0 aromatic heterocycles. The SMILES string of the molecule is CCNC(=NCCc1ccc(CC)cc1)NC(C)COC. The molecule has 1 atom stereocenters. The lowest BCUT2D eigenvalue weighted by Crippen LogP contribution is -2.44. The van der Waals surface area contributed by atoms with E-state index in [1.54, 1.807) is 7.11 Å². The largest absolute Gasteiger partial charge is 0.383 e. The zero-order chi connectivity index (χ0) is 15.5. The summed E-state index contributed by atoms with van der Waals surface area (Å²) in [6.07, 6.45) is 2.05. The second-order valence-corrected chi connectivity index (χ2v) is 5.18. The summed E-state index contributed by atoms with van der Waals surface area (Å²) in [5, 5.41) is 6.60. The molecule has 0 heterocycles. The van der Waals surface area contributed by atoms with Crippen molar-refractivity contribution in [2.24, 2.45) is 4.99 Å². The first kappa shape index (κ1) is 17.5. The molecular formula is C17H29N3O. The van der Waals surface area contributed by atoms with Gasteiger partial charge in [-0.05, 0) is 37.8 Å². The Kier molecular flexibility index (Phi) is 8.51. The van der Waals surface area contributed by atoms with E-state index in [4.69, 9.17) is 4.74 Å². The van der Waals surface area contributed by atoms with Crippen molar-refractivity contribution in [3.8, 4) is 0 Å². The second kappa shape index (κ2) is 10.2. The van der Waals surface area contributed by atoms with E-state index in [1.807, 2.05) is 0 Å². The summed E-state index contributed by atoms with van der Waals surface area (Å²) in [5.41, 5.74) is 2.71. The fraction of sp³-hybridized carbons (Fsp3) is 0.588. The van der Waals surface area contributed by atoms with Gasteiger partial charge in [0.25, 0.3) is 0 Å². The highest BCUT2D eigenvalue weighted by atomic mass is 16.5. The van der Waals surface area contributed by atoms with Crippen LogP contribution in [0.5, 0.6) is 0 Å². The van der Waals surface area contributed by atoms with Crippen LogP contribution in [0.4, 0.5) is 0 Å². The van der Waals surface area contributed by atoms with Crippen LogP contribution in [0, 0.1) is 0 Å². The van der Waals surface area contributed by atoms with Crippen LogP contribution < -0.4 is 10.6 Å². The van der Waals surface area contributed by atoms with E-state index in [0.29, 0.717) is 6.61 Å². The van der Waals surface area contributed by atoms with E-state index in [9.17, 15) is 0 Å². The van der Waals surface area contributed by atoms with Gasteiger partial charge in [0.05, 0.1) is 6.61 Å². The zero-order valence-corrected chi connectivity index (χ0v) is 13.8. The van der Waals surface area contributed by atoms with Crippen molar-refractivity contribution in [3.05, 3.63) is 35.4 Å². The highest BCUT2D eigenvalue weighted by molar-refractivity contribution is 5.80. The summed E-state index contributed by atoms with van der Waals surface area (Å²) in [6.45, 7) is 8.64. The fourth-order valence-electron chi connectivity index (χ4n) is 2.08. The number of aryl methyl sites for hydroxylation is 1. The lowest BCUT2D eigenvalue weighted by Gasteiger charge is -2.17. The number of ether oxygens (including phenoxy) is 1. The van der Waals surface area contributed by atoms with Crippen LogP contribution in [-0.4, -0.2) is 38.8 Å². The molecule has 0 aliphatic carbocycles. The molecule has 0 saturated heterocycles. The first-order chi connectivity index (χ1) is 10.2. The summed E-state index contributed by atoms with van der Waals surface area (Å²) >= 11 is 0. The maximum absolute atomic E-state index is 5.13.